The number of aromatic nitrogens is 1. The SMILES string of the molecule is C=CCN1C(=O)C(=Cc2ccc3noc(-c4ccccc4)c3c2)SC1=Nc1cccc2ccccc12. The molecule has 6 rings (SSSR count). The van der Waals surface area contributed by atoms with Gasteiger partial charge in [0.1, 0.15) is 5.52 Å². The first-order valence-electron chi connectivity index (χ1n) is 11.5. The van der Waals surface area contributed by atoms with Gasteiger partial charge in [0.25, 0.3) is 5.91 Å². The molecule has 36 heavy (non-hydrogen) atoms. The van der Waals surface area contributed by atoms with E-state index in [-0.39, 0.29) is 5.91 Å². The third-order valence-corrected chi connectivity index (χ3v) is 7.02. The molecule has 1 saturated heterocycles. The van der Waals surface area contributed by atoms with Gasteiger partial charge in [-0.1, -0.05) is 84.0 Å². The third-order valence-electron chi connectivity index (χ3n) is 6.02. The van der Waals surface area contributed by atoms with Crippen LogP contribution in [0, 0.1) is 0 Å². The van der Waals surface area contributed by atoms with E-state index >= 15 is 0 Å². The quantitative estimate of drug-likeness (QED) is 0.191. The Labute approximate surface area is 212 Å². The molecule has 0 aliphatic carbocycles. The van der Waals surface area contributed by atoms with Gasteiger partial charge in [-0.05, 0) is 47.0 Å². The summed E-state index contributed by atoms with van der Waals surface area (Å²) in [5.41, 5.74) is 3.45. The zero-order valence-corrected chi connectivity index (χ0v) is 20.1. The average molecular weight is 488 g/mol. The van der Waals surface area contributed by atoms with Crippen molar-refractivity contribution >= 4 is 56.3 Å². The van der Waals surface area contributed by atoms with Gasteiger partial charge < -0.3 is 4.52 Å². The summed E-state index contributed by atoms with van der Waals surface area (Å²) >= 11 is 1.37. The number of nitrogens with zero attached hydrogens (tertiary/aromatic N) is 3. The summed E-state index contributed by atoms with van der Waals surface area (Å²) in [4.78, 5) is 20.5. The molecule has 0 radical (unpaired) electrons. The smallest absolute Gasteiger partial charge is 0.267 e. The van der Waals surface area contributed by atoms with Gasteiger partial charge in [-0.2, -0.15) is 0 Å². The summed E-state index contributed by atoms with van der Waals surface area (Å²) in [5.74, 6) is 0.621. The van der Waals surface area contributed by atoms with Crippen molar-refractivity contribution in [2.75, 3.05) is 6.54 Å². The van der Waals surface area contributed by atoms with Crippen molar-refractivity contribution in [1.82, 2.24) is 10.1 Å². The fraction of sp³-hybridized carbons (Fsp3) is 0.0333. The number of hydrogen-bond donors (Lipinski definition) is 0. The number of rotatable bonds is 5. The standard InChI is InChI=1S/C30H21N3O2S/c1-2-17-33-29(34)27(36-30(33)31-25-14-8-12-21-9-6-7-13-23(21)25)19-20-15-16-26-24(18-20)28(35-32-26)22-10-4-3-5-11-22/h2-16,18-19H,1,17H2. The minimum atomic E-state index is -0.0902. The number of amides is 1. The highest BCUT2D eigenvalue weighted by atomic mass is 32.2. The molecule has 0 bridgehead atoms. The van der Waals surface area contributed by atoms with Gasteiger partial charge in [0.15, 0.2) is 10.9 Å². The predicted molar refractivity (Wildman–Crippen MR) is 148 cm³/mol. The number of carbonyl (C=O) groups excluding carboxylic acids is 1. The van der Waals surface area contributed by atoms with Gasteiger partial charge in [0.2, 0.25) is 0 Å². The van der Waals surface area contributed by atoms with Crippen molar-refractivity contribution in [3.05, 3.63) is 114 Å². The first-order valence-corrected chi connectivity index (χ1v) is 12.4. The molecule has 1 aliphatic heterocycles. The van der Waals surface area contributed by atoms with Gasteiger partial charge in [0.05, 0.1) is 16.0 Å². The van der Waals surface area contributed by atoms with Crippen molar-refractivity contribution in [3.63, 3.8) is 0 Å². The first-order chi connectivity index (χ1) is 17.7. The second-order valence-electron chi connectivity index (χ2n) is 8.36. The van der Waals surface area contributed by atoms with Crippen LogP contribution in [0.5, 0.6) is 0 Å². The molecular weight excluding hydrogens is 466 g/mol. The highest BCUT2D eigenvalue weighted by Gasteiger charge is 2.32. The molecule has 1 fully saturated rings. The fourth-order valence-electron chi connectivity index (χ4n) is 4.29. The molecule has 0 saturated carbocycles. The lowest BCUT2D eigenvalue weighted by Gasteiger charge is -2.13. The Hall–Kier alpha value is -4.42. The van der Waals surface area contributed by atoms with Crippen LogP contribution in [0.2, 0.25) is 0 Å². The van der Waals surface area contributed by atoms with Crippen LogP contribution in [0.15, 0.2) is 118 Å². The Balaban J connectivity index is 1.39. The molecule has 5 aromatic rings. The molecule has 1 aromatic heterocycles. The average Bonchev–Trinajstić information content (AvgIpc) is 3.46. The van der Waals surface area contributed by atoms with Crippen LogP contribution < -0.4 is 0 Å². The zero-order valence-electron chi connectivity index (χ0n) is 19.3. The minimum absolute atomic E-state index is 0.0902. The van der Waals surface area contributed by atoms with Gasteiger partial charge >= 0.3 is 0 Å². The van der Waals surface area contributed by atoms with Crippen molar-refractivity contribution in [1.29, 1.82) is 0 Å². The maximum absolute atomic E-state index is 13.3. The van der Waals surface area contributed by atoms with Crippen molar-refractivity contribution in [3.8, 4) is 11.3 Å². The second-order valence-corrected chi connectivity index (χ2v) is 9.37. The summed E-state index contributed by atoms with van der Waals surface area (Å²) < 4.78 is 5.63. The van der Waals surface area contributed by atoms with E-state index in [1.807, 2.05) is 84.9 Å². The van der Waals surface area contributed by atoms with Gasteiger partial charge in [0, 0.05) is 17.5 Å². The van der Waals surface area contributed by atoms with Crippen LogP contribution in [0.3, 0.4) is 0 Å². The first kappa shape index (κ1) is 22.1. The lowest BCUT2D eigenvalue weighted by Crippen LogP contribution is -2.29. The van der Waals surface area contributed by atoms with Gasteiger partial charge in [-0.3, -0.25) is 9.69 Å². The van der Waals surface area contributed by atoms with E-state index in [9.17, 15) is 4.79 Å². The normalized spacial score (nSPS) is 16.0. The van der Waals surface area contributed by atoms with Crippen LogP contribution in [0.25, 0.3) is 39.1 Å². The topological polar surface area (TPSA) is 58.7 Å². The Morgan fingerprint density at radius 2 is 1.75 bits per heavy atom. The molecule has 0 N–H and O–H groups in total. The van der Waals surface area contributed by atoms with E-state index in [1.54, 1.807) is 11.0 Å². The van der Waals surface area contributed by atoms with Crippen molar-refractivity contribution in [2.45, 2.75) is 0 Å². The largest absolute Gasteiger partial charge is 0.355 e. The highest BCUT2D eigenvalue weighted by Crippen LogP contribution is 2.37. The molecule has 0 atom stereocenters. The molecule has 0 spiro atoms. The van der Waals surface area contributed by atoms with Gasteiger partial charge in [-0.25, -0.2) is 4.99 Å². The number of amidine groups is 1. The van der Waals surface area contributed by atoms with Crippen LogP contribution in [0.4, 0.5) is 5.69 Å². The van der Waals surface area contributed by atoms with Crippen molar-refractivity contribution < 1.29 is 9.32 Å². The number of carbonyl (C=O) groups is 1. The summed E-state index contributed by atoms with van der Waals surface area (Å²) in [6.45, 7) is 4.22. The number of thioether (sulfide) groups is 1. The zero-order chi connectivity index (χ0) is 24.5. The molecule has 0 unspecified atom stereocenters. The van der Waals surface area contributed by atoms with E-state index in [0.29, 0.717) is 22.4 Å². The van der Waals surface area contributed by atoms with E-state index in [2.05, 4.69) is 23.9 Å². The summed E-state index contributed by atoms with van der Waals surface area (Å²) in [5, 5.41) is 7.89. The van der Waals surface area contributed by atoms with Gasteiger partial charge in [-0.15, -0.1) is 6.58 Å². The van der Waals surface area contributed by atoms with E-state index in [1.165, 1.54) is 11.8 Å². The lowest BCUT2D eigenvalue weighted by atomic mass is 10.1. The second kappa shape index (κ2) is 9.32. The molecule has 5 nitrogen and oxygen atoms in total. The molecule has 1 aliphatic rings. The van der Waals surface area contributed by atoms with E-state index in [4.69, 9.17) is 9.52 Å². The molecule has 2 heterocycles. The Morgan fingerprint density at radius 1 is 0.944 bits per heavy atom. The number of benzene rings is 4. The Morgan fingerprint density at radius 3 is 2.61 bits per heavy atom. The van der Waals surface area contributed by atoms with Crippen molar-refractivity contribution in [2.24, 2.45) is 4.99 Å². The van der Waals surface area contributed by atoms with Crippen LogP contribution >= 0.6 is 11.8 Å². The lowest BCUT2D eigenvalue weighted by molar-refractivity contribution is -0.121. The number of aliphatic imine (C=N–C) groups is 1. The Kier molecular flexibility index (Phi) is 5.71. The molecule has 6 heteroatoms. The summed E-state index contributed by atoms with van der Waals surface area (Å²) in [6, 6.07) is 29.9. The van der Waals surface area contributed by atoms with Crippen LogP contribution in [-0.4, -0.2) is 27.7 Å². The number of hydrogen-bond acceptors (Lipinski definition) is 5. The summed E-state index contributed by atoms with van der Waals surface area (Å²) in [7, 11) is 0. The Bertz CT molecular complexity index is 1680. The fourth-order valence-corrected chi connectivity index (χ4v) is 5.29. The third kappa shape index (κ3) is 4.01. The molecular formula is C30H21N3O2S. The van der Waals surface area contributed by atoms with Crippen LogP contribution in [-0.2, 0) is 4.79 Å². The molecule has 174 valence electrons. The predicted octanol–water partition coefficient (Wildman–Crippen LogP) is 7.44. The number of fused-ring (bicyclic) bond motifs is 2. The highest BCUT2D eigenvalue weighted by molar-refractivity contribution is 8.18. The van der Waals surface area contributed by atoms with Crippen LogP contribution in [0.1, 0.15) is 5.56 Å². The summed E-state index contributed by atoms with van der Waals surface area (Å²) in [6.07, 6.45) is 3.62. The minimum Gasteiger partial charge on any atom is -0.355 e. The van der Waals surface area contributed by atoms with E-state index in [0.717, 1.165) is 38.5 Å². The van der Waals surface area contributed by atoms with E-state index < -0.39 is 0 Å². The maximum atomic E-state index is 13.3. The molecule has 4 aromatic carbocycles. The molecule has 1 amide bonds. The maximum Gasteiger partial charge on any atom is 0.267 e. The monoisotopic (exact) mass is 487 g/mol.